The third kappa shape index (κ3) is 8.99. The van der Waals surface area contributed by atoms with E-state index in [4.69, 9.17) is 14.6 Å². The number of anilines is 1. The molecule has 2 heterocycles. The Balaban J connectivity index is 1.41. The van der Waals surface area contributed by atoms with Crippen LogP contribution >= 0.6 is 0 Å². The zero-order chi connectivity index (χ0) is 33.7. The van der Waals surface area contributed by atoms with Crippen LogP contribution in [0.1, 0.15) is 108 Å². The van der Waals surface area contributed by atoms with Gasteiger partial charge in [0.05, 0.1) is 31.3 Å². The molecule has 0 aromatic heterocycles. The van der Waals surface area contributed by atoms with Crippen molar-refractivity contribution >= 4 is 23.5 Å². The topological polar surface area (TPSA) is 137 Å². The van der Waals surface area contributed by atoms with Crippen molar-refractivity contribution in [3.8, 4) is 0 Å². The third-order valence-corrected chi connectivity index (χ3v) is 9.85. The van der Waals surface area contributed by atoms with E-state index in [1.807, 2.05) is 57.2 Å². The molecule has 0 spiro atoms. The van der Waals surface area contributed by atoms with Gasteiger partial charge in [-0.3, -0.25) is 19.3 Å². The molecule has 3 fully saturated rings. The summed E-state index contributed by atoms with van der Waals surface area (Å²) in [6.07, 6.45) is 5.01. The number of likely N-dealkylation sites (tertiary alicyclic amines) is 1. The van der Waals surface area contributed by atoms with Gasteiger partial charge in [-0.25, -0.2) is 0 Å². The van der Waals surface area contributed by atoms with Gasteiger partial charge in [-0.1, -0.05) is 56.2 Å². The average Bonchev–Trinajstić information content (AvgIpc) is 3.04. The lowest BCUT2D eigenvalue weighted by molar-refractivity contribution is -0.278. The Bertz CT molecular complexity index is 1370. The van der Waals surface area contributed by atoms with Gasteiger partial charge in [0.1, 0.15) is 0 Å². The standard InChI is InChI=1S/C37H51N3O7/c1-23-31(21-40-29-8-6-5-7-25(29)15-18-30(40)35(45)39-37(2,3)4)46-36(47-34(23)26-11-9-24(22-41)10-12-26)27-13-16-28(17-14-27)38-32(42)19-20-33(43)44/h9-14,16-17,23,25,29-31,34,36,41H,5-8,15,18-22H2,1-4H3,(H,38,42)(H,39,45)(H,43,44)/t23-,25+,29+,30+,31+,34+,36+/m0/s1. The SMILES string of the molecule is C[C@H]1[C@@H](CN2[C@@H](C(=O)NC(C)(C)C)CC[C@H]3CCCC[C@H]32)O[C@@H](c2ccc(NC(=O)CCC(=O)O)cc2)O[C@H]1c1ccc(CO)cc1. The van der Waals surface area contributed by atoms with Crippen LogP contribution in [0.15, 0.2) is 48.5 Å². The summed E-state index contributed by atoms with van der Waals surface area (Å²) in [5.41, 5.74) is 2.84. The Hall–Kier alpha value is -3.31. The largest absolute Gasteiger partial charge is 0.481 e. The average molecular weight is 650 g/mol. The predicted molar refractivity (Wildman–Crippen MR) is 178 cm³/mol. The van der Waals surface area contributed by atoms with E-state index in [0.717, 1.165) is 42.4 Å². The highest BCUT2D eigenvalue weighted by Crippen LogP contribution is 2.44. The van der Waals surface area contributed by atoms with Crippen molar-refractivity contribution in [1.29, 1.82) is 0 Å². The molecule has 0 unspecified atom stereocenters. The lowest BCUT2D eigenvalue weighted by atomic mass is 9.75. The number of hydrogen-bond donors (Lipinski definition) is 4. The van der Waals surface area contributed by atoms with Gasteiger partial charge in [-0.15, -0.1) is 0 Å². The van der Waals surface area contributed by atoms with Gasteiger partial charge in [-0.05, 0) is 75.6 Å². The van der Waals surface area contributed by atoms with Crippen LogP contribution in [0, 0.1) is 11.8 Å². The predicted octanol–water partition coefficient (Wildman–Crippen LogP) is 5.71. The number of aliphatic carboxylic acids is 1. The Morgan fingerprint density at radius 1 is 0.894 bits per heavy atom. The number of carboxylic acids is 1. The molecule has 2 amide bonds. The van der Waals surface area contributed by atoms with E-state index < -0.39 is 12.3 Å². The Morgan fingerprint density at radius 2 is 1.57 bits per heavy atom. The molecule has 47 heavy (non-hydrogen) atoms. The smallest absolute Gasteiger partial charge is 0.303 e. The van der Waals surface area contributed by atoms with Crippen molar-refractivity contribution in [3.63, 3.8) is 0 Å². The number of hydrogen-bond acceptors (Lipinski definition) is 7. The minimum atomic E-state index is -1.02. The lowest BCUT2D eigenvalue weighted by Gasteiger charge is -2.51. The normalized spacial score (nSPS) is 28.2. The maximum absolute atomic E-state index is 13.7. The first-order valence-electron chi connectivity index (χ1n) is 17.1. The van der Waals surface area contributed by atoms with Gasteiger partial charge >= 0.3 is 5.97 Å². The molecule has 2 aromatic rings. The first kappa shape index (κ1) is 35.0. The van der Waals surface area contributed by atoms with Crippen LogP contribution in [0.25, 0.3) is 0 Å². The van der Waals surface area contributed by atoms with Crippen molar-refractivity contribution in [2.75, 3.05) is 11.9 Å². The monoisotopic (exact) mass is 649 g/mol. The number of piperidine rings is 1. The number of amides is 2. The van der Waals surface area contributed by atoms with Gasteiger partial charge in [-0.2, -0.15) is 0 Å². The van der Waals surface area contributed by atoms with Crippen LogP contribution in [0.4, 0.5) is 5.69 Å². The number of ether oxygens (including phenoxy) is 2. The van der Waals surface area contributed by atoms with Gasteiger partial charge in [0, 0.05) is 41.7 Å². The third-order valence-electron chi connectivity index (χ3n) is 9.85. The summed E-state index contributed by atoms with van der Waals surface area (Å²) >= 11 is 0. The summed E-state index contributed by atoms with van der Waals surface area (Å²) < 4.78 is 13.5. The molecular weight excluding hydrogens is 598 g/mol. The fourth-order valence-corrected chi connectivity index (χ4v) is 7.43. The maximum atomic E-state index is 13.7. The minimum absolute atomic E-state index is 0.0330. The van der Waals surface area contributed by atoms with Crippen LogP contribution in [0.5, 0.6) is 0 Å². The van der Waals surface area contributed by atoms with Gasteiger partial charge < -0.3 is 30.3 Å². The van der Waals surface area contributed by atoms with Crippen LogP contribution in [0.3, 0.4) is 0 Å². The van der Waals surface area contributed by atoms with E-state index in [9.17, 15) is 19.5 Å². The van der Waals surface area contributed by atoms with Gasteiger partial charge in [0.15, 0.2) is 6.29 Å². The summed E-state index contributed by atoms with van der Waals surface area (Å²) in [5.74, 6) is -0.757. The Morgan fingerprint density at radius 3 is 2.23 bits per heavy atom. The molecule has 0 radical (unpaired) electrons. The van der Waals surface area contributed by atoms with E-state index in [-0.39, 0.29) is 61.0 Å². The van der Waals surface area contributed by atoms with E-state index >= 15 is 0 Å². The second-order valence-corrected chi connectivity index (χ2v) is 14.5. The molecule has 7 atom stereocenters. The number of carbonyl (C=O) groups is 3. The van der Waals surface area contributed by atoms with Crippen LogP contribution in [-0.2, 0) is 30.5 Å². The minimum Gasteiger partial charge on any atom is -0.481 e. The molecule has 0 bridgehead atoms. The molecule has 2 aliphatic heterocycles. The summed E-state index contributed by atoms with van der Waals surface area (Å²) in [7, 11) is 0. The molecule has 5 rings (SSSR count). The van der Waals surface area contributed by atoms with Crippen LogP contribution in [0.2, 0.25) is 0 Å². The molecular formula is C37H51N3O7. The second-order valence-electron chi connectivity index (χ2n) is 14.5. The summed E-state index contributed by atoms with van der Waals surface area (Å²) in [6.45, 7) is 8.78. The molecule has 1 saturated carbocycles. The number of nitrogens with one attached hydrogen (secondary N) is 2. The number of carbonyl (C=O) groups excluding carboxylic acids is 2. The molecule has 10 nitrogen and oxygen atoms in total. The first-order valence-corrected chi connectivity index (χ1v) is 17.1. The highest BCUT2D eigenvalue weighted by atomic mass is 16.7. The number of carboxylic acid groups (broad SMARTS) is 1. The van der Waals surface area contributed by atoms with E-state index in [2.05, 4.69) is 22.5 Å². The van der Waals surface area contributed by atoms with E-state index in [1.165, 1.54) is 12.8 Å². The van der Waals surface area contributed by atoms with Crippen molar-refractivity contribution in [1.82, 2.24) is 10.2 Å². The van der Waals surface area contributed by atoms with Crippen LogP contribution < -0.4 is 10.6 Å². The van der Waals surface area contributed by atoms with Crippen LogP contribution in [-0.4, -0.2) is 63.2 Å². The number of fused-ring (bicyclic) bond motifs is 1. The van der Waals surface area contributed by atoms with Gasteiger partial charge in [0.2, 0.25) is 11.8 Å². The molecule has 1 aliphatic carbocycles. The van der Waals surface area contributed by atoms with Gasteiger partial charge in [0.25, 0.3) is 0 Å². The Kier molecular flexibility index (Phi) is 11.4. The fraction of sp³-hybridized carbons (Fsp3) is 0.595. The number of aliphatic hydroxyl groups excluding tert-OH is 1. The molecule has 2 saturated heterocycles. The quantitative estimate of drug-likeness (QED) is 0.257. The summed E-state index contributed by atoms with van der Waals surface area (Å²) in [6, 6.07) is 15.2. The maximum Gasteiger partial charge on any atom is 0.303 e. The molecule has 2 aromatic carbocycles. The molecule has 3 aliphatic rings. The number of nitrogens with zero attached hydrogens (tertiary/aromatic N) is 1. The lowest BCUT2D eigenvalue weighted by Crippen LogP contribution is -2.61. The molecule has 4 N–H and O–H groups in total. The number of aliphatic hydroxyl groups is 1. The molecule has 256 valence electrons. The fourth-order valence-electron chi connectivity index (χ4n) is 7.43. The first-order chi connectivity index (χ1) is 22.4. The van der Waals surface area contributed by atoms with Crippen molar-refractivity contribution in [2.24, 2.45) is 11.8 Å². The molecule has 10 heteroatoms. The van der Waals surface area contributed by atoms with Crippen molar-refractivity contribution < 1.29 is 34.1 Å². The Labute approximate surface area is 278 Å². The van der Waals surface area contributed by atoms with Crippen molar-refractivity contribution in [2.45, 2.75) is 122 Å². The van der Waals surface area contributed by atoms with E-state index in [0.29, 0.717) is 24.2 Å². The zero-order valence-electron chi connectivity index (χ0n) is 28.1. The summed E-state index contributed by atoms with van der Waals surface area (Å²) in [4.78, 5) is 39.2. The summed E-state index contributed by atoms with van der Waals surface area (Å²) in [5, 5.41) is 24.5. The zero-order valence-corrected chi connectivity index (χ0v) is 28.1. The number of benzene rings is 2. The van der Waals surface area contributed by atoms with E-state index in [1.54, 1.807) is 12.1 Å². The second kappa shape index (κ2) is 15.3. The van der Waals surface area contributed by atoms with Crippen molar-refractivity contribution in [3.05, 3.63) is 65.2 Å². The highest BCUT2D eigenvalue weighted by Gasteiger charge is 2.46. The highest BCUT2D eigenvalue weighted by molar-refractivity contribution is 5.92. The number of rotatable bonds is 10.